The maximum absolute atomic E-state index is 5.76. The van der Waals surface area contributed by atoms with Crippen molar-refractivity contribution in [3.63, 3.8) is 0 Å². The van der Waals surface area contributed by atoms with E-state index in [1.54, 1.807) is 0 Å². The zero-order valence-corrected chi connectivity index (χ0v) is 5.78. The van der Waals surface area contributed by atoms with Crippen molar-refractivity contribution in [2.75, 3.05) is 19.6 Å². The summed E-state index contributed by atoms with van der Waals surface area (Å²) in [5.74, 6) is 0. The molecule has 0 aromatic rings. The van der Waals surface area contributed by atoms with E-state index < -0.39 is 0 Å². The predicted octanol–water partition coefficient (Wildman–Crippen LogP) is 0.434. The monoisotopic (exact) mass is 134 g/mol. The third kappa shape index (κ3) is 1.34. The molecule has 48 valence electrons. The molecule has 3 heteroatoms. The second kappa shape index (κ2) is 2.67. The van der Waals surface area contributed by atoms with E-state index in [1.165, 1.54) is 0 Å². The molecule has 1 aliphatic heterocycles. The third-order valence-corrected chi connectivity index (χ3v) is 1.92. The Morgan fingerprint density at radius 3 is 2.88 bits per heavy atom. The van der Waals surface area contributed by atoms with E-state index >= 15 is 0 Å². The molecule has 1 rings (SSSR count). The molecule has 0 radical (unpaired) electrons. The van der Waals surface area contributed by atoms with E-state index in [9.17, 15) is 0 Å². The number of hydrogen-bond acceptors (Lipinski definition) is 2. The summed E-state index contributed by atoms with van der Waals surface area (Å²) in [7, 11) is 0. The first kappa shape index (κ1) is 6.33. The van der Waals surface area contributed by atoms with Crippen LogP contribution in [0.2, 0.25) is 0 Å². The van der Waals surface area contributed by atoms with Gasteiger partial charge in [-0.15, -0.1) is 0 Å². The number of rotatable bonds is 0. The Kier molecular flexibility index (Phi) is 2.11. The molecule has 1 saturated heterocycles. The van der Waals surface area contributed by atoms with Crippen molar-refractivity contribution in [1.29, 1.82) is 0 Å². The molecule has 1 heterocycles. The lowest BCUT2D eigenvalue weighted by atomic mass is 10.3. The maximum atomic E-state index is 5.76. The lowest BCUT2D eigenvalue weighted by Crippen LogP contribution is -2.44. The van der Waals surface area contributed by atoms with Crippen LogP contribution < -0.4 is 5.32 Å². The van der Waals surface area contributed by atoms with Gasteiger partial charge in [-0.2, -0.15) is 0 Å². The first-order valence-corrected chi connectivity index (χ1v) is 3.27. The number of piperazine rings is 1. The average Bonchev–Trinajstić information content (AvgIpc) is 1.77. The van der Waals surface area contributed by atoms with Gasteiger partial charge in [0.15, 0.2) is 0 Å². The highest BCUT2D eigenvalue weighted by Gasteiger charge is 2.13. The summed E-state index contributed by atoms with van der Waals surface area (Å²) < 4.78 is 1.84. The van der Waals surface area contributed by atoms with Crippen LogP contribution in [-0.4, -0.2) is 30.1 Å². The summed E-state index contributed by atoms with van der Waals surface area (Å²) >= 11 is 5.76. The Labute approximate surface area is 54.9 Å². The minimum atomic E-state index is 0.491. The van der Waals surface area contributed by atoms with Gasteiger partial charge in [-0.3, -0.25) is 0 Å². The van der Waals surface area contributed by atoms with Gasteiger partial charge in [0.25, 0.3) is 0 Å². The van der Waals surface area contributed by atoms with Crippen molar-refractivity contribution < 1.29 is 0 Å². The second-order valence-electron chi connectivity index (χ2n) is 2.18. The van der Waals surface area contributed by atoms with Crippen LogP contribution in [0.25, 0.3) is 0 Å². The van der Waals surface area contributed by atoms with Crippen LogP contribution in [0.5, 0.6) is 0 Å². The van der Waals surface area contributed by atoms with Crippen molar-refractivity contribution in [3.05, 3.63) is 0 Å². The Bertz CT molecular complexity index is 66.8. The van der Waals surface area contributed by atoms with Crippen molar-refractivity contribution >= 4 is 11.8 Å². The number of halogens is 1. The summed E-state index contributed by atoms with van der Waals surface area (Å²) in [6.07, 6.45) is 0. The number of hydrogen-bond donors (Lipinski definition) is 1. The Hall–Kier alpha value is 0.210. The second-order valence-corrected chi connectivity index (χ2v) is 2.61. The van der Waals surface area contributed by atoms with Crippen LogP contribution in [0.3, 0.4) is 0 Å². The summed E-state index contributed by atoms with van der Waals surface area (Å²) in [4.78, 5) is 0. The van der Waals surface area contributed by atoms with Gasteiger partial charge in [-0.1, -0.05) is 0 Å². The zero-order chi connectivity index (χ0) is 5.98. The van der Waals surface area contributed by atoms with E-state index in [1.807, 2.05) is 4.42 Å². The van der Waals surface area contributed by atoms with Crippen LogP contribution >= 0.6 is 11.8 Å². The van der Waals surface area contributed by atoms with Crippen molar-refractivity contribution in [2.45, 2.75) is 13.0 Å². The van der Waals surface area contributed by atoms with Crippen LogP contribution in [-0.2, 0) is 0 Å². The van der Waals surface area contributed by atoms with Crippen LogP contribution in [0.1, 0.15) is 6.92 Å². The molecule has 1 fully saturated rings. The summed E-state index contributed by atoms with van der Waals surface area (Å²) in [6, 6.07) is 0.491. The summed E-state index contributed by atoms with van der Waals surface area (Å²) in [5, 5.41) is 3.24. The van der Waals surface area contributed by atoms with Crippen molar-refractivity contribution in [2.24, 2.45) is 0 Å². The topological polar surface area (TPSA) is 15.3 Å². The molecule has 0 saturated carbocycles. The highest BCUT2D eigenvalue weighted by Crippen LogP contribution is 2.03. The SMILES string of the molecule is CC1CNCCN1Cl. The van der Waals surface area contributed by atoms with Gasteiger partial charge in [0, 0.05) is 25.7 Å². The Morgan fingerprint density at radius 1 is 1.75 bits per heavy atom. The largest absolute Gasteiger partial charge is 0.314 e. The van der Waals surface area contributed by atoms with Gasteiger partial charge in [0.05, 0.1) is 0 Å². The molecular formula is C5H11ClN2. The fourth-order valence-corrected chi connectivity index (χ4v) is 0.970. The van der Waals surface area contributed by atoms with Gasteiger partial charge in [-0.25, -0.2) is 4.42 Å². The molecule has 2 nitrogen and oxygen atoms in total. The standard InChI is InChI=1S/C5H11ClN2/c1-5-4-7-2-3-8(5)6/h5,7H,2-4H2,1H3. The van der Waals surface area contributed by atoms with Gasteiger partial charge in [0.1, 0.15) is 0 Å². The van der Waals surface area contributed by atoms with Gasteiger partial charge < -0.3 is 5.32 Å². The van der Waals surface area contributed by atoms with E-state index in [0.717, 1.165) is 19.6 Å². The first-order chi connectivity index (χ1) is 3.80. The zero-order valence-electron chi connectivity index (χ0n) is 5.02. The van der Waals surface area contributed by atoms with Crippen LogP contribution in [0, 0.1) is 0 Å². The molecular weight excluding hydrogens is 124 g/mol. The number of nitrogens with one attached hydrogen (secondary N) is 1. The molecule has 1 aliphatic rings. The van der Waals surface area contributed by atoms with Gasteiger partial charge in [-0.05, 0) is 18.7 Å². The van der Waals surface area contributed by atoms with Gasteiger partial charge in [0.2, 0.25) is 0 Å². The molecule has 0 aliphatic carbocycles. The molecule has 0 spiro atoms. The normalized spacial score (nSPS) is 33.0. The van der Waals surface area contributed by atoms with E-state index in [-0.39, 0.29) is 0 Å². The average molecular weight is 135 g/mol. The fraction of sp³-hybridized carbons (Fsp3) is 1.00. The molecule has 1 N–H and O–H groups in total. The van der Waals surface area contributed by atoms with Crippen LogP contribution in [0.4, 0.5) is 0 Å². The lowest BCUT2D eigenvalue weighted by Gasteiger charge is -2.27. The lowest BCUT2D eigenvalue weighted by molar-refractivity contribution is 0.298. The molecule has 0 aromatic carbocycles. The molecule has 0 bridgehead atoms. The summed E-state index contributed by atoms with van der Waals surface area (Å²) in [6.45, 7) is 5.11. The van der Waals surface area contributed by atoms with E-state index in [2.05, 4.69) is 12.2 Å². The molecule has 0 amide bonds. The van der Waals surface area contributed by atoms with Gasteiger partial charge >= 0.3 is 0 Å². The fourth-order valence-electron chi connectivity index (χ4n) is 0.816. The first-order valence-electron chi connectivity index (χ1n) is 2.94. The van der Waals surface area contributed by atoms with E-state index in [0.29, 0.717) is 6.04 Å². The third-order valence-electron chi connectivity index (χ3n) is 1.42. The highest BCUT2D eigenvalue weighted by molar-refractivity contribution is 6.13. The number of nitrogens with zero attached hydrogens (tertiary/aromatic N) is 1. The maximum Gasteiger partial charge on any atom is 0.0348 e. The Morgan fingerprint density at radius 2 is 2.50 bits per heavy atom. The quantitative estimate of drug-likeness (QED) is 0.484. The van der Waals surface area contributed by atoms with Crippen molar-refractivity contribution in [1.82, 2.24) is 9.74 Å². The smallest absolute Gasteiger partial charge is 0.0348 e. The summed E-state index contributed by atoms with van der Waals surface area (Å²) in [5.41, 5.74) is 0. The van der Waals surface area contributed by atoms with Crippen molar-refractivity contribution in [3.8, 4) is 0 Å². The highest BCUT2D eigenvalue weighted by atomic mass is 35.5. The van der Waals surface area contributed by atoms with E-state index in [4.69, 9.17) is 11.8 Å². The Balaban J connectivity index is 2.28. The minimum Gasteiger partial charge on any atom is -0.314 e. The molecule has 8 heavy (non-hydrogen) atoms. The molecule has 0 aromatic heterocycles. The minimum absolute atomic E-state index is 0.491. The molecule has 1 unspecified atom stereocenters. The van der Waals surface area contributed by atoms with Crippen LogP contribution in [0.15, 0.2) is 0 Å². The predicted molar refractivity (Wildman–Crippen MR) is 34.9 cm³/mol. The molecule has 1 atom stereocenters.